The number of carbonyl (C=O) groups excluding carboxylic acids is 1. The number of rotatable bonds is 5. The Hall–Kier alpha value is -2.30. The van der Waals surface area contributed by atoms with Gasteiger partial charge < -0.3 is 5.32 Å². The van der Waals surface area contributed by atoms with Crippen LogP contribution in [0.2, 0.25) is 0 Å². The molecular formula is C16H14F3NO. The predicted molar refractivity (Wildman–Crippen MR) is 75.1 cm³/mol. The van der Waals surface area contributed by atoms with Gasteiger partial charge >= 0.3 is 6.18 Å². The van der Waals surface area contributed by atoms with Crippen molar-refractivity contribution in [3.63, 3.8) is 0 Å². The first-order valence-electron chi connectivity index (χ1n) is 6.42. The first kappa shape index (κ1) is 15.1. The fourth-order valence-corrected chi connectivity index (χ4v) is 1.86. The Morgan fingerprint density at radius 3 is 2.14 bits per heavy atom. The second kappa shape index (κ2) is 6.43. The number of ketones is 1. The van der Waals surface area contributed by atoms with Crippen LogP contribution in [0.3, 0.4) is 0 Å². The Bertz CT molecular complexity index is 591. The van der Waals surface area contributed by atoms with Crippen LogP contribution in [-0.2, 0) is 17.4 Å². The molecule has 2 aromatic carbocycles. The SMILES string of the molecule is O=C(CNc1ccccc1)Cc1ccc(C(F)(F)F)cc1. The zero-order chi connectivity index (χ0) is 15.3. The molecule has 0 atom stereocenters. The van der Waals surface area contributed by atoms with Crippen LogP contribution in [0.15, 0.2) is 54.6 Å². The Labute approximate surface area is 120 Å². The Morgan fingerprint density at radius 1 is 0.952 bits per heavy atom. The van der Waals surface area contributed by atoms with Gasteiger partial charge in [0.25, 0.3) is 0 Å². The first-order chi connectivity index (χ1) is 9.95. The number of hydrogen-bond donors (Lipinski definition) is 1. The summed E-state index contributed by atoms with van der Waals surface area (Å²) >= 11 is 0. The third kappa shape index (κ3) is 4.63. The van der Waals surface area contributed by atoms with Gasteiger partial charge in [-0.1, -0.05) is 30.3 Å². The zero-order valence-electron chi connectivity index (χ0n) is 11.2. The number of carbonyl (C=O) groups is 1. The molecule has 2 nitrogen and oxygen atoms in total. The van der Waals surface area contributed by atoms with Crippen molar-refractivity contribution in [1.29, 1.82) is 0 Å². The highest BCUT2D eigenvalue weighted by Gasteiger charge is 2.29. The van der Waals surface area contributed by atoms with E-state index in [2.05, 4.69) is 5.32 Å². The van der Waals surface area contributed by atoms with E-state index < -0.39 is 11.7 Å². The normalized spacial score (nSPS) is 11.2. The van der Waals surface area contributed by atoms with Crippen LogP contribution in [0.4, 0.5) is 18.9 Å². The van der Waals surface area contributed by atoms with E-state index >= 15 is 0 Å². The van der Waals surface area contributed by atoms with E-state index in [1.165, 1.54) is 12.1 Å². The molecule has 2 aromatic rings. The molecule has 0 unspecified atom stereocenters. The molecule has 0 radical (unpaired) electrons. The summed E-state index contributed by atoms with van der Waals surface area (Å²) in [6.45, 7) is 0.144. The van der Waals surface area contributed by atoms with Gasteiger partial charge in [0.2, 0.25) is 0 Å². The van der Waals surface area contributed by atoms with E-state index in [0.717, 1.165) is 17.8 Å². The van der Waals surface area contributed by atoms with Crippen LogP contribution >= 0.6 is 0 Å². The van der Waals surface area contributed by atoms with Crippen molar-refractivity contribution in [2.75, 3.05) is 11.9 Å². The average molecular weight is 293 g/mol. The van der Waals surface area contributed by atoms with Crippen molar-refractivity contribution in [3.8, 4) is 0 Å². The highest BCUT2D eigenvalue weighted by atomic mass is 19.4. The Balaban J connectivity index is 1.88. The molecule has 0 aliphatic carbocycles. The summed E-state index contributed by atoms with van der Waals surface area (Å²) in [5.74, 6) is -0.0846. The third-order valence-electron chi connectivity index (χ3n) is 2.95. The van der Waals surface area contributed by atoms with Crippen molar-refractivity contribution in [2.24, 2.45) is 0 Å². The summed E-state index contributed by atoms with van der Waals surface area (Å²) in [6.07, 6.45) is -4.24. The molecule has 0 aliphatic heterocycles. The highest BCUT2D eigenvalue weighted by Crippen LogP contribution is 2.29. The molecule has 0 aromatic heterocycles. The van der Waals surface area contributed by atoms with Gasteiger partial charge in [-0.15, -0.1) is 0 Å². The monoisotopic (exact) mass is 293 g/mol. The van der Waals surface area contributed by atoms with Gasteiger partial charge in [0.15, 0.2) is 5.78 Å². The summed E-state index contributed by atoms with van der Waals surface area (Å²) in [4.78, 5) is 11.8. The quantitative estimate of drug-likeness (QED) is 0.905. The summed E-state index contributed by atoms with van der Waals surface area (Å²) in [6, 6.07) is 13.9. The lowest BCUT2D eigenvalue weighted by atomic mass is 10.1. The third-order valence-corrected chi connectivity index (χ3v) is 2.95. The average Bonchev–Trinajstić information content (AvgIpc) is 2.46. The summed E-state index contributed by atoms with van der Waals surface area (Å²) in [5, 5.41) is 2.97. The van der Waals surface area contributed by atoms with Crippen LogP contribution in [0.1, 0.15) is 11.1 Å². The molecule has 0 spiro atoms. The van der Waals surface area contributed by atoms with Gasteiger partial charge in [0, 0.05) is 12.1 Å². The number of alkyl halides is 3. The first-order valence-corrected chi connectivity index (χ1v) is 6.42. The van der Waals surface area contributed by atoms with Crippen LogP contribution in [0, 0.1) is 0 Å². The number of halogens is 3. The van der Waals surface area contributed by atoms with Gasteiger partial charge in [0.1, 0.15) is 0 Å². The Kier molecular flexibility index (Phi) is 4.62. The minimum Gasteiger partial charge on any atom is -0.378 e. The van der Waals surface area contributed by atoms with E-state index in [1.54, 1.807) is 0 Å². The molecular weight excluding hydrogens is 279 g/mol. The minimum atomic E-state index is -4.35. The maximum atomic E-state index is 12.4. The zero-order valence-corrected chi connectivity index (χ0v) is 11.2. The molecule has 21 heavy (non-hydrogen) atoms. The summed E-state index contributed by atoms with van der Waals surface area (Å²) < 4.78 is 37.2. The number of nitrogens with one attached hydrogen (secondary N) is 1. The highest BCUT2D eigenvalue weighted by molar-refractivity contribution is 5.84. The number of para-hydroxylation sites is 1. The lowest BCUT2D eigenvalue weighted by Gasteiger charge is -2.08. The van der Waals surface area contributed by atoms with Gasteiger partial charge in [-0.2, -0.15) is 13.2 Å². The van der Waals surface area contributed by atoms with E-state index in [-0.39, 0.29) is 18.7 Å². The van der Waals surface area contributed by atoms with Crippen molar-refractivity contribution < 1.29 is 18.0 Å². The molecule has 0 fully saturated rings. The van der Waals surface area contributed by atoms with Crippen LogP contribution in [-0.4, -0.2) is 12.3 Å². The van der Waals surface area contributed by atoms with Gasteiger partial charge in [-0.3, -0.25) is 4.79 Å². The molecule has 0 saturated heterocycles. The van der Waals surface area contributed by atoms with Crippen LogP contribution < -0.4 is 5.32 Å². The number of benzene rings is 2. The molecule has 0 amide bonds. The van der Waals surface area contributed by atoms with E-state index in [4.69, 9.17) is 0 Å². The molecule has 0 bridgehead atoms. The molecule has 0 aliphatic rings. The van der Waals surface area contributed by atoms with Crippen LogP contribution in [0.5, 0.6) is 0 Å². The molecule has 0 saturated carbocycles. The summed E-state index contributed by atoms with van der Waals surface area (Å²) in [5.41, 5.74) is 0.697. The minimum absolute atomic E-state index is 0.0846. The molecule has 2 rings (SSSR count). The van der Waals surface area contributed by atoms with Gasteiger partial charge in [0.05, 0.1) is 12.1 Å². The maximum Gasteiger partial charge on any atom is 0.416 e. The molecule has 1 N–H and O–H groups in total. The van der Waals surface area contributed by atoms with Crippen molar-refractivity contribution in [2.45, 2.75) is 12.6 Å². The number of hydrogen-bond acceptors (Lipinski definition) is 2. The smallest absolute Gasteiger partial charge is 0.378 e. The second-order valence-electron chi connectivity index (χ2n) is 4.63. The lowest BCUT2D eigenvalue weighted by molar-refractivity contribution is -0.137. The topological polar surface area (TPSA) is 29.1 Å². The standard InChI is InChI=1S/C16H14F3NO/c17-16(18,19)13-8-6-12(7-9-13)10-15(21)11-20-14-4-2-1-3-5-14/h1-9,20H,10-11H2. The van der Waals surface area contributed by atoms with Gasteiger partial charge in [-0.25, -0.2) is 0 Å². The second-order valence-corrected chi connectivity index (χ2v) is 4.63. The molecule has 5 heteroatoms. The largest absolute Gasteiger partial charge is 0.416 e. The van der Waals surface area contributed by atoms with Crippen molar-refractivity contribution >= 4 is 11.5 Å². The molecule has 110 valence electrons. The predicted octanol–water partition coefficient (Wildman–Crippen LogP) is 3.93. The van der Waals surface area contributed by atoms with Gasteiger partial charge in [-0.05, 0) is 29.8 Å². The number of anilines is 1. The summed E-state index contributed by atoms with van der Waals surface area (Å²) in [7, 11) is 0. The maximum absolute atomic E-state index is 12.4. The van der Waals surface area contributed by atoms with Crippen LogP contribution in [0.25, 0.3) is 0 Å². The fraction of sp³-hybridized carbons (Fsp3) is 0.188. The lowest BCUT2D eigenvalue weighted by Crippen LogP contribution is -2.16. The van der Waals surface area contributed by atoms with Crippen molar-refractivity contribution in [1.82, 2.24) is 0 Å². The fourth-order valence-electron chi connectivity index (χ4n) is 1.86. The molecule has 0 heterocycles. The van der Waals surface area contributed by atoms with E-state index in [9.17, 15) is 18.0 Å². The van der Waals surface area contributed by atoms with E-state index in [1.807, 2.05) is 30.3 Å². The Morgan fingerprint density at radius 2 is 1.57 bits per heavy atom. The van der Waals surface area contributed by atoms with Crippen molar-refractivity contribution in [3.05, 3.63) is 65.7 Å². The number of Topliss-reactive ketones (excluding diaryl/α,β-unsaturated/α-hetero) is 1. The van der Waals surface area contributed by atoms with E-state index in [0.29, 0.717) is 5.56 Å².